The predicted molar refractivity (Wildman–Crippen MR) is 121 cm³/mol. The number of hydrogen-bond donors (Lipinski definition) is 0. The van der Waals surface area contributed by atoms with Crippen LogP contribution in [0.4, 0.5) is 10.6 Å². The third kappa shape index (κ3) is 3.51. The van der Waals surface area contributed by atoms with Gasteiger partial charge in [0.1, 0.15) is 18.1 Å². The number of urea groups is 1. The molecule has 0 atom stereocenters. The lowest BCUT2D eigenvalue weighted by atomic mass is 9.99. The van der Waals surface area contributed by atoms with E-state index in [0.717, 1.165) is 49.4 Å². The molecule has 5 rings (SSSR count). The second-order valence-electron chi connectivity index (χ2n) is 8.63. The number of fused-ring (bicyclic) bond motifs is 3. The number of amidine groups is 1. The van der Waals surface area contributed by atoms with E-state index < -0.39 is 0 Å². The first-order chi connectivity index (χ1) is 15.6. The number of ether oxygens (including phenoxy) is 1. The molecule has 0 unspecified atom stereocenters. The van der Waals surface area contributed by atoms with Crippen molar-refractivity contribution in [3.05, 3.63) is 36.0 Å². The molecule has 0 N–H and O–H groups in total. The maximum Gasteiger partial charge on any atom is 0.331 e. The molecule has 0 bridgehead atoms. The zero-order valence-corrected chi connectivity index (χ0v) is 18.5. The number of benzene rings is 1. The number of carbonyl (C=O) groups is 2. The van der Waals surface area contributed by atoms with Gasteiger partial charge in [0.05, 0.1) is 24.6 Å². The molecule has 32 heavy (non-hydrogen) atoms. The molecule has 9 heteroatoms. The maximum absolute atomic E-state index is 13.5. The summed E-state index contributed by atoms with van der Waals surface area (Å²) in [5.74, 6) is 2.57. The van der Waals surface area contributed by atoms with Crippen LogP contribution < -0.4 is 9.64 Å². The van der Waals surface area contributed by atoms with Crippen LogP contribution >= 0.6 is 0 Å². The molecule has 1 saturated heterocycles. The number of aliphatic imine (C=N–C) groups is 1. The third-order valence-electron chi connectivity index (χ3n) is 6.51. The van der Waals surface area contributed by atoms with E-state index in [4.69, 9.17) is 4.74 Å². The molecule has 3 aliphatic heterocycles. The van der Waals surface area contributed by atoms with Crippen LogP contribution in [0.5, 0.6) is 5.75 Å². The topological polar surface area (TPSA) is 83.3 Å². The zero-order valence-electron chi connectivity index (χ0n) is 18.5. The number of hydrogen-bond acceptors (Lipinski definition) is 5. The van der Waals surface area contributed by atoms with E-state index >= 15 is 0 Å². The monoisotopic (exact) mass is 436 g/mol. The van der Waals surface area contributed by atoms with Gasteiger partial charge in [0.2, 0.25) is 5.91 Å². The fourth-order valence-electron chi connectivity index (χ4n) is 4.57. The van der Waals surface area contributed by atoms with Gasteiger partial charge in [-0.2, -0.15) is 5.10 Å². The lowest BCUT2D eigenvalue weighted by Gasteiger charge is -2.39. The summed E-state index contributed by atoms with van der Waals surface area (Å²) in [6.07, 6.45) is 4.54. The van der Waals surface area contributed by atoms with Crippen molar-refractivity contribution >= 4 is 23.6 Å². The number of piperidine rings is 1. The van der Waals surface area contributed by atoms with Crippen LogP contribution in [0.1, 0.15) is 31.7 Å². The molecular formula is C23H28N6O3. The van der Waals surface area contributed by atoms with Crippen LogP contribution in [0.2, 0.25) is 0 Å². The van der Waals surface area contributed by atoms with Gasteiger partial charge in [-0.25, -0.2) is 9.48 Å². The second kappa shape index (κ2) is 8.29. The summed E-state index contributed by atoms with van der Waals surface area (Å²) in [6, 6.07) is 7.26. The number of nitrogens with zero attached hydrogens (tertiary/aromatic N) is 6. The Bertz CT molecular complexity index is 1050. The Morgan fingerprint density at radius 1 is 1.16 bits per heavy atom. The molecular weight excluding hydrogens is 408 g/mol. The van der Waals surface area contributed by atoms with Crippen LogP contribution in [0, 0.1) is 5.92 Å². The van der Waals surface area contributed by atoms with Gasteiger partial charge in [-0.1, -0.05) is 6.92 Å². The van der Waals surface area contributed by atoms with Crippen molar-refractivity contribution in [2.45, 2.75) is 26.2 Å². The number of rotatable bonds is 4. The zero-order chi connectivity index (χ0) is 22.2. The van der Waals surface area contributed by atoms with Gasteiger partial charge in [0.15, 0.2) is 5.82 Å². The van der Waals surface area contributed by atoms with Crippen molar-refractivity contribution < 1.29 is 14.3 Å². The molecule has 1 aromatic heterocycles. The van der Waals surface area contributed by atoms with Crippen molar-refractivity contribution in [3.63, 3.8) is 0 Å². The average Bonchev–Trinajstić information content (AvgIpc) is 3.27. The standard InChI is InChI=1S/C23H28N6O3/c1-16-8-12-26(13-9-16)20(30)15-28-22-19(21-24-10-3-11-27(21)23(28)31)14-25-29(22)17-4-6-18(32-2)7-5-17/h4-7,14,16H,3,8-13,15H2,1-2H3. The average molecular weight is 437 g/mol. The fourth-order valence-corrected chi connectivity index (χ4v) is 4.57. The van der Waals surface area contributed by atoms with Gasteiger partial charge < -0.3 is 9.64 Å². The van der Waals surface area contributed by atoms with Gasteiger partial charge in [0, 0.05) is 26.2 Å². The summed E-state index contributed by atoms with van der Waals surface area (Å²) in [5, 5.41) is 4.58. The molecule has 4 heterocycles. The van der Waals surface area contributed by atoms with E-state index in [1.165, 1.54) is 0 Å². The molecule has 2 aromatic rings. The summed E-state index contributed by atoms with van der Waals surface area (Å²) >= 11 is 0. The fraction of sp³-hybridized carbons (Fsp3) is 0.478. The molecule has 168 valence electrons. The first-order valence-electron chi connectivity index (χ1n) is 11.2. The van der Waals surface area contributed by atoms with Crippen molar-refractivity contribution in [2.75, 3.05) is 44.7 Å². The number of amides is 3. The predicted octanol–water partition coefficient (Wildman–Crippen LogP) is 2.53. The van der Waals surface area contributed by atoms with Crippen LogP contribution in [0.15, 0.2) is 35.5 Å². The van der Waals surface area contributed by atoms with Gasteiger partial charge in [-0.3, -0.25) is 19.6 Å². The molecule has 3 aliphatic rings. The van der Waals surface area contributed by atoms with Gasteiger partial charge in [0.25, 0.3) is 0 Å². The Morgan fingerprint density at radius 2 is 1.91 bits per heavy atom. The Morgan fingerprint density at radius 3 is 2.62 bits per heavy atom. The van der Waals surface area contributed by atoms with E-state index in [1.807, 2.05) is 29.2 Å². The lowest BCUT2D eigenvalue weighted by molar-refractivity contribution is -0.130. The highest BCUT2D eigenvalue weighted by atomic mass is 16.5. The Labute approximate surface area is 187 Å². The molecule has 9 nitrogen and oxygen atoms in total. The minimum atomic E-state index is -0.218. The molecule has 1 fully saturated rings. The first-order valence-corrected chi connectivity index (χ1v) is 11.2. The van der Waals surface area contributed by atoms with Crippen LogP contribution in [0.25, 0.3) is 5.69 Å². The van der Waals surface area contributed by atoms with Crippen LogP contribution in [-0.4, -0.2) is 77.2 Å². The summed E-state index contributed by atoms with van der Waals surface area (Å²) in [7, 11) is 1.62. The maximum atomic E-state index is 13.5. The first kappa shape index (κ1) is 20.5. The minimum Gasteiger partial charge on any atom is -0.497 e. The Hall–Kier alpha value is -3.36. The smallest absolute Gasteiger partial charge is 0.331 e. The van der Waals surface area contributed by atoms with E-state index in [1.54, 1.807) is 27.8 Å². The van der Waals surface area contributed by atoms with E-state index in [2.05, 4.69) is 17.0 Å². The number of anilines is 1. The summed E-state index contributed by atoms with van der Waals surface area (Å²) in [6.45, 7) is 4.96. The molecule has 0 aliphatic carbocycles. The van der Waals surface area contributed by atoms with Crippen molar-refractivity contribution in [1.82, 2.24) is 19.6 Å². The highest BCUT2D eigenvalue weighted by Gasteiger charge is 2.41. The summed E-state index contributed by atoms with van der Waals surface area (Å²) < 4.78 is 6.98. The van der Waals surface area contributed by atoms with Crippen molar-refractivity contribution in [2.24, 2.45) is 10.9 Å². The number of carbonyl (C=O) groups excluding carboxylic acids is 2. The molecule has 0 spiro atoms. The van der Waals surface area contributed by atoms with Crippen molar-refractivity contribution in [1.29, 1.82) is 0 Å². The van der Waals surface area contributed by atoms with Crippen molar-refractivity contribution in [3.8, 4) is 11.4 Å². The largest absolute Gasteiger partial charge is 0.497 e. The second-order valence-corrected chi connectivity index (χ2v) is 8.63. The molecule has 0 radical (unpaired) electrons. The Kier molecular flexibility index (Phi) is 5.32. The van der Waals surface area contributed by atoms with E-state index in [0.29, 0.717) is 30.7 Å². The molecule has 3 amide bonds. The van der Waals surface area contributed by atoms with Gasteiger partial charge in [-0.05, 0) is 49.4 Å². The highest BCUT2D eigenvalue weighted by molar-refractivity contribution is 6.19. The Balaban J connectivity index is 1.53. The number of methoxy groups -OCH3 is 1. The van der Waals surface area contributed by atoms with E-state index in [-0.39, 0.29) is 18.5 Å². The summed E-state index contributed by atoms with van der Waals surface area (Å²) in [5.41, 5.74) is 1.56. The third-order valence-corrected chi connectivity index (χ3v) is 6.51. The minimum absolute atomic E-state index is 0.00809. The van der Waals surface area contributed by atoms with Gasteiger partial charge >= 0.3 is 6.03 Å². The summed E-state index contributed by atoms with van der Waals surface area (Å²) in [4.78, 5) is 36.4. The van der Waals surface area contributed by atoms with Crippen LogP contribution in [0.3, 0.4) is 0 Å². The highest BCUT2D eigenvalue weighted by Crippen LogP contribution is 2.33. The molecule has 1 aromatic carbocycles. The number of likely N-dealkylation sites (tertiary alicyclic amines) is 1. The SMILES string of the molecule is COc1ccc(-n2ncc3c2N(CC(=O)N2CCC(C)CC2)C(=O)N2CCCN=C32)cc1. The van der Waals surface area contributed by atoms with Crippen LogP contribution in [-0.2, 0) is 4.79 Å². The lowest BCUT2D eigenvalue weighted by Crippen LogP contribution is -2.56. The van der Waals surface area contributed by atoms with Gasteiger partial charge in [-0.15, -0.1) is 0 Å². The van der Waals surface area contributed by atoms with E-state index in [9.17, 15) is 9.59 Å². The number of aromatic nitrogens is 2. The quantitative estimate of drug-likeness (QED) is 0.737. The molecule has 0 saturated carbocycles. The normalized spacial score (nSPS) is 18.9.